The lowest BCUT2D eigenvalue weighted by Crippen LogP contribution is -2.51. The van der Waals surface area contributed by atoms with E-state index >= 15 is 0 Å². The number of nitrogens with two attached hydrogens (primary N) is 1. The van der Waals surface area contributed by atoms with Crippen molar-refractivity contribution in [3.05, 3.63) is 53.9 Å². The lowest BCUT2D eigenvalue weighted by molar-refractivity contribution is 0.0209. The Morgan fingerprint density at radius 1 is 1.33 bits per heavy atom. The van der Waals surface area contributed by atoms with E-state index in [-0.39, 0.29) is 11.6 Å². The van der Waals surface area contributed by atoms with Crippen molar-refractivity contribution >= 4 is 0 Å². The molecule has 2 aromatic rings. The minimum Gasteiger partial charge on any atom is -0.393 e. The summed E-state index contributed by atoms with van der Waals surface area (Å²) >= 11 is 0. The van der Waals surface area contributed by atoms with Crippen molar-refractivity contribution in [3.63, 3.8) is 0 Å². The van der Waals surface area contributed by atoms with Gasteiger partial charge in [0.15, 0.2) is 0 Å². The maximum absolute atomic E-state index is 9.38. The first kappa shape index (κ1) is 11.4. The van der Waals surface area contributed by atoms with Gasteiger partial charge in [-0.05, 0) is 18.4 Å². The third kappa shape index (κ3) is 2.05. The molecule has 1 aliphatic carbocycles. The molecule has 1 fully saturated rings. The van der Waals surface area contributed by atoms with Crippen molar-refractivity contribution in [2.24, 2.45) is 5.73 Å². The van der Waals surface area contributed by atoms with Crippen LogP contribution in [0.5, 0.6) is 0 Å². The molecule has 1 aliphatic rings. The molecule has 4 heteroatoms. The van der Waals surface area contributed by atoms with Crippen LogP contribution in [0.4, 0.5) is 0 Å². The van der Waals surface area contributed by atoms with E-state index in [1.807, 2.05) is 35.3 Å². The first-order valence-corrected chi connectivity index (χ1v) is 6.19. The van der Waals surface area contributed by atoms with Gasteiger partial charge in [-0.15, -0.1) is 0 Å². The first-order chi connectivity index (χ1) is 8.66. The van der Waals surface area contributed by atoms with Gasteiger partial charge in [0.25, 0.3) is 0 Å². The number of nitrogens with zero attached hydrogens (tertiary/aromatic N) is 2. The molecule has 1 heterocycles. The minimum absolute atomic E-state index is 0.257. The summed E-state index contributed by atoms with van der Waals surface area (Å²) in [5.74, 6) is 0. The van der Waals surface area contributed by atoms with E-state index in [0.717, 1.165) is 12.1 Å². The van der Waals surface area contributed by atoms with Crippen molar-refractivity contribution in [2.45, 2.75) is 31.0 Å². The zero-order chi connectivity index (χ0) is 12.6. The van der Waals surface area contributed by atoms with E-state index in [4.69, 9.17) is 5.73 Å². The van der Waals surface area contributed by atoms with Crippen molar-refractivity contribution in [1.29, 1.82) is 0 Å². The molecule has 0 spiro atoms. The van der Waals surface area contributed by atoms with Crippen LogP contribution < -0.4 is 5.73 Å². The third-order valence-electron chi connectivity index (χ3n) is 3.60. The van der Waals surface area contributed by atoms with Gasteiger partial charge in [0.2, 0.25) is 0 Å². The predicted octanol–water partition coefficient (Wildman–Crippen LogP) is 1.24. The Morgan fingerprint density at radius 2 is 2.06 bits per heavy atom. The summed E-state index contributed by atoms with van der Waals surface area (Å²) in [7, 11) is 0. The highest BCUT2D eigenvalue weighted by Gasteiger charge is 2.42. The lowest BCUT2D eigenvalue weighted by atomic mass is 9.72. The molecule has 3 N–H and O–H groups in total. The molecule has 0 atom stereocenters. The van der Waals surface area contributed by atoms with Crippen LogP contribution in [0, 0.1) is 0 Å². The summed E-state index contributed by atoms with van der Waals surface area (Å²) in [6.45, 7) is 0.749. The van der Waals surface area contributed by atoms with Crippen molar-refractivity contribution in [3.8, 4) is 0 Å². The molecule has 0 aliphatic heterocycles. The predicted molar refractivity (Wildman–Crippen MR) is 68.9 cm³/mol. The number of aromatic nitrogens is 2. The largest absolute Gasteiger partial charge is 0.393 e. The van der Waals surface area contributed by atoms with Crippen LogP contribution in [0.25, 0.3) is 0 Å². The van der Waals surface area contributed by atoms with Crippen LogP contribution in [0.3, 0.4) is 0 Å². The van der Waals surface area contributed by atoms with E-state index in [1.165, 1.54) is 5.56 Å². The Hall–Kier alpha value is -1.65. The summed E-state index contributed by atoms with van der Waals surface area (Å²) in [6.07, 6.45) is 4.80. The molecule has 0 radical (unpaired) electrons. The van der Waals surface area contributed by atoms with Crippen molar-refractivity contribution in [2.75, 3.05) is 0 Å². The molecule has 0 unspecified atom stereocenters. The second kappa shape index (κ2) is 4.23. The number of aliphatic hydroxyl groups is 1. The van der Waals surface area contributed by atoms with Gasteiger partial charge in [-0.25, -0.2) is 0 Å². The van der Waals surface area contributed by atoms with Gasteiger partial charge in [0, 0.05) is 17.3 Å². The minimum atomic E-state index is -0.381. The number of rotatable bonds is 3. The van der Waals surface area contributed by atoms with Gasteiger partial charge in [-0.2, -0.15) is 5.10 Å². The fraction of sp³-hybridized carbons (Fsp3) is 0.357. The molecule has 1 aromatic carbocycles. The molecule has 3 rings (SSSR count). The molecular weight excluding hydrogens is 226 g/mol. The standard InChI is InChI=1S/C14H17N3O/c15-14(6-13(18)7-14)12-8-16-17(10-12)9-11-4-2-1-3-5-11/h1-5,8,10,13,18H,6-7,9,15H2. The maximum Gasteiger partial charge on any atom is 0.0659 e. The number of benzene rings is 1. The van der Waals surface area contributed by atoms with Crippen LogP contribution in [0.1, 0.15) is 24.0 Å². The molecule has 0 amide bonds. The van der Waals surface area contributed by atoms with E-state index in [0.29, 0.717) is 12.8 Å². The highest BCUT2D eigenvalue weighted by atomic mass is 16.3. The van der Waals surface area contributed by atoms with Crippen LogP contribution in [-0.4, -0.2) is 21.0 Å². The second-order valence-corrected chi connectivity index (χ2v) is 5.13. The Kier molecular flexibility index (Phi) is 2.69. The van der Waals surface area contributed by atoms with Crippen molar-refractivity contribution in [1.82, 2.24) is 9.78 Å². The Balaban J connectivity index is 1.74. The number of hydrogen-bond acceptors (Lipinski definition) is 3. The summed E-state index contributed by atoms with van der Waals surface area (Å²) in [5, 5.41) is 13.7. The van der Waals surface area contributed by atoms with Gasteiger partial charge in [-0.3, -0.25) is 4.68 Å². The second-order valence-electron chi connectivity index (χ2n) is 5.13. The van der Waals surface area contributed by atoms with E-state index in [9.17, 15) is 5.11 Å². The quantitative estimate of drug-likeness (QED) is 0.852. The molecular formula is C14H17N3O. The van der Waals surface area contributed by atoms with Crippen LogP contribution >= 0.6 is 0 Å². The first-order valence-electron chi connectivity index (χ1n) is 6.19. The van der Waals surface area contributed by atoms with Crippen molar-refractivity contribution < 1.29 is 5.11 Å². The van der Waals surface area contributed by atoms with E-state index < -0.39 is 0 Å². The number of aliphatic hydroxyl groups excluding tert-OH is 1. The van der Waals surface area contributed by atoms with Crippen LogP contribution in [-0.2, 0) is 12.1 Å². The monoisotopic (exact) mass is 243 g/mol. The SMILES string of the molecule is NC1(c2cnn(Cc3ccccc3)c2)CC(O)C1. The molecule has 94 valence electrons. The van der Waals surface area contributed by atoms with E-state index in [1.54, 1.807) is 0 Å². The topological polar surface area (TPSA) is 64.1 Å². The highest BCUT2D eigenvalue weighted by molar-refractivity contribution is 5.23. The average Bonchev–Trinajstić information content (AvgIpc) is 2.77. The smallest absolute Gasteiger partial charge is 0.0659 e. The van der Waals surface area contributed by atoms with Gasteiger partial charge in [0.05, 0.1) is 18.8 Å². The zero-order valence-electron chi connectivity index (χ0n) is 10.2. The summed E-state index contributed by atoms with van der Waals surface area (Å²) < 4.78 is 1.89. The highest BCUT2D eigenvalue weighted by Crippen LogP contribution is 2.38. The fourth-order valence-electron chi connectivity index (χ4n) is 2.49. The normalized spacial score (nSPS) is 26.9. The molecule has 1 saturated carbocycles. The third-order valence-corrected chi connectivity index (χ3v) is 3.60. The summed E-state index contributed by atoms with van der Waals surface area (Å²) in [5.41, 5.74) is 8.06. The van der Waals surface area contributed by atoms with Gasteiger partial charge in [0.1, 0.15) is 0 Å². The maximum atomic E-state index is 9.38. The van der Waals surface area contributed by atoms with Gasteiger partial charge in [-0.1, -0.05) is 30.3 Å². The van der Waals surface area contributed by atoms with Crippen LogP contribution in [0.2, 0.25) is 0 Å². The fourth-order valence-corrected chi connectivity index (χ4v) is 2.49. The molecule has 4 nitrogen and oxygen atoms in total. The van der Waals surface area contributed by atoms with Crippen LogP contribution in [0.15, 0.2) is 42.7 Å². The van der Waals surface area contributed by atoms with E-state index in [2.05, 4.69) is 17.2 Å². The summed E-state index contributed by atoms with van der Waals surface area (Å²) in [6, 6.07) is 10.2. The zero-order valence-corrected chi connectivity index (χ0v) is 10.2. The summed E-state index contributed by atoms with van der Waals surface area (Å²) in [4.78, 5) is 0. The van der Waals surface area contributed by atoms with Gasteiger partial charge >= 0.3 is 0 Å². The molecule has 18 heavy (non-hydrogen) atoms. The molecule has 1 aromatic heterocycles. The average molecular weight is 243 g/mol. The Bertz CT molecular complexity index is 529. The number of hydrogen-bond donors (Lipinski definition) is 2. The molecule has 0 saturated heterocycles. The van der Waals surface area contributed by atoms with Gasteiger partial charge < -0.3 is 10.8 Å². The molecule has 0 bridgehead atoms. The Morgan fingerprint density at radius 3 is 2.72 bits per heavy atom. The Labute approximate surface area is 106 Å². The lowest BCUT2D eigenvalue weighted by Gasteiger charge is -2.41.